The molecule has 5 heteroatoms. The smallest absolute Gasteiger partial charge is 0.191 e. The van der Waals surface area contributed by atoms with E-state index in [-0.39, 0.29) is 24.0 Å². The Morgan fingerprint density at radius 2 is 2.00 bits per heavy atom. The van der Waals surface area contributed by atoms with E-state index in [1.165, 1.54) is 12.0 Å². The lowest BCUT2D eigenvalue weighted by atomic mass is 10.1. The molecule has 0 amide bonds. The van der Waals surface area contributed by atoms with Gasteiger partial charge in [0.15, 0.2) is 5.96 Å². The van der Waals surface area contributed by atoms with E-state index in [0.29, 0.717) is 6.54 Å². The zero-order chi connectivity index (χ0) is 14.8. The van der Waals surface area contributed by atoms with Crippen molar-refractivity contribution in [1.29, 1.82) is 0 Å². The lowest BCUT2D eigenvalue weighted by Crippen LogP contribution is -2.37. The number of rotatable bonds is 7. The number of nitrogens with one attached hydrogen (secondary N) is 2. The standard InChI is InChI=1S/C16H27N3O.HI/c1-5-7-10-18-16(17-6-2)19-12-14-9-8-13(3)11-15(14)20-4;/h8-9,11H,5-7,10,12H2,1-4H3,(H2,17,18,19);1H. The van der Waals surface area contributed by atoms with Crippen LogP contribution in [-0.4, -0.2) is 26.2 Å². The van der Waals surface area contributed by atoms with Gasteiger partial charge in [-0.1, -0.05) is 25.5 Å². The van der Waals surface area contributed by atoms with Crippen LogP contribution in [0.4, 0.5) is 0 Å². The van der Waals surface area contributed by atoms with Gasteiger partial charge in [-0.15, -0.1) is 24.0 Å². The van der Waals surface area contributed by atoms with E-state index in [0.717, 1.165) is 36.8 Å². The SMILES string of the molecule is CCCCNC(=NCc1ccc(C)cc1OC)NCC.I. The minimum atomic E-state index is 0. The number of ether oxygens (including phenoxy) is 1. The summed E-state index contributed by atoms with van der Waals surface area (Å²) in [6.07, 6.45) is 2.33. The van der Waals surface area contributed by atoms with Crippen LogP contribution >= 0.6 is 24.0 Å². The van der Waals surface area contributed by atoms with Crippen molar-refractivity contribution in [2.45, 2.75) is 40.2 Å². The molecule has 0 unspecified atom stereocenters. The van der Waals surface area contributed by atoms with Gasteiger partial charge in [-0.3, -0.25) is 0 Å². The second kappa shape index (κ2) is 11.7. The molecule has 4 nitrogen and oxygen atoms in total. The van der Waals surface area contributed by atoms with Crippen LogP contribution in [0, 0.1) is 6.92 Å². The number of halogens is 1. The van der Waals surface area contributed by atoms with Gasteiger partial charge in [0.2, 0.25) is 0 Å². The van der Waals surface area contributed by atoms with Gasteiger partial charge in [0.1, 0.15) is 5.75 Å². The van der Waals surface area contributed by atoms with Crippen LogP contribution in [0.15, 0.2) is 23.2 Å². The zero-order valence-electron chi connectivity index (χ0n) is 13.5. The molecular formula is C16H28IN3O. The Kier molecular flexibility index (Phi) is 11.1. The lowest BCUT2D eigenvalue weighted by Gasteiger charge is -2.12. The topological polar surface area (TPSA) is 45.7 Å². The maximum atomic E-state index is 5.41. The molecule has 0 aliphatic heterocycles. The molecule has 1 aromatic carbocycles. The van der Waals surface area contributed by atoms with Gasteiger partial charge in [-0.25, -0.2) is 4.99 Å². The van der Waals surface area contributed by atoms with Crippen LogP contribution in [0.1, 0.15) is 37.8 Å². The molecule has 1 aromatic rings. The Morgan fingerprint density at radius 1 is 1.24 bits per heavy atom. The minimum Gasteiger partial charge on any atom is -0.496 e. The predicted octanol–water partition coefficient (Wildman–Crippen LogP) is 3.48. The molecule has 1 rings (SSSR count). The molecule has 0 aromatic heterocycles. The van der Waals surface area contributed by atoms with Crippen molar-refractivity contribution in [3.05, 3.63) is 29.3 Å². The first-order chi connectivity index (χ1) is 9.71. The Labute approximate surface area is 145 Å². The fourth-order valence-electron chi connectivity index (χ4n) is 1.87. The first-order valence-corrected chi connectivity index (χ1v) is 7.37. The number of hydrogen-bond donors (Lipinski definition) is 2. The normalized spacial score (nSPS) is 10.8. The first-order valence-electron chi connectivity index (χ1n) is 7.37. The minimum absolute atomic E-state index is 0. The maximum absolute atomic E-state index is 5.41. The molecule has 0 saturated carbocycles. The highest BCUT2D eigenvalue weighted by Crippen LogP contribution is 2.20. The van der Waals surface area contributed by atoms with E-state index in [9.17, 15) is 0 Å². The van der Waals surface area contributed by atoms with Crippen LogP contribution in [0.25, 0.3) is 0 Å². The summed E-state index contributed by atoms with van der Waals surface area (Å²) >= 11 is 0. The second-order valence-electron chi connectivity index (χ2n) is 4.79. The van der Waals surface area contributed by atoms with E-state index in [1.54, 1.807) is 7.11 Å². The van der Waals surface area contributed by atoms with Crippen molar-refractivity contribution in [3.8, 4) is 5.75 Å². The Balaban J connectivity index is 0.00000400. The van der Waals surface area contributed by atoms with Crippen molar-refractivity contribution in [2.24, 2.45) is 4.99 Å². The quantitative estimate of drug-likeness (QED) is 0.316. The molecule has 2 N–H and O–H groups in total. The summed E-state index contributed by atoms with van der Waals surface area (Å²) in [5.41, 5.74) is 2.30. The number of hydrogen-bond acceptors (Lipinski definition) is 2. The fourth-order valence-corrected chi connectivity index (χ4v) is 1.87. The largest absolute Gasteiger partial charge is 0.496 e. The van der Waals surface area contributed by atoms with Crippen LogP contribution in [-0.2, 0) is 6.54 Å². The molecule has 120 valence electrons. The summed E-state index contributed by atoms with van der Waals surface area (Å²) in [6.45, 7) is 8.75. The van der Waals surface area contributed by atoms with E-state index < -0.39 is 0 Å². The summed E-state index contributed by atoms with van der Waals surface area (Å²) < 4.78 is 5.41. The molecule has 0 spiro atoms. The van der Waals surface area contributed by atoms with Crippen molar-refractivity contribution in [1.82, 2.24) is 10.6 Å². The molecule has 0 bridgehead atoms. The van der Waals surface area contributed by atoms with Crippen molar-refractivity contribution in [2.75, 3.05) is 20.2 Å². The number of aryl methyl sites for hydroxylation is 1. The monoisotopic (exact) mass is 405 g/mol. The zero-order valence-corrected chi connectivity index (χ0v) is 15.9. The predicted molar refractivity (Wildman–Crippen MR) is 101 cm³/mol. The number of nitrogens with zero attached hydrogens (tertiary/aromatic N) is 1. The summed E-state index contributed by atoms with van der Waals surface area (Å²) in [5.74, 6) is 1.77. The first kappa shape index (κ1) is 20.0. The van der Waals surface area contributed by atoms with Crippen molar-refractivity contribution in [3.63, 3.8) is 0 Å². The summed E-state index contributed by atoms with van der Waals surface area (Å²) in [7, 11) is 1.70. The number of guanidine groups is 1. The van der Waals surface area contributed by atoms with Gasteiger partial charge >= 0.3 is 0 Å². The number of unbranched alkanes of at least 4 members (excludes halogenated alkanes) is 1. The summed E-state index contributed by atoms with van der Waals surface area (Å²) in [5, 5.41) is 6.60. The molecular weight excluding hydrogens is 377 g/mol. The third kappa shape index (κ3) is 7.55. The highest BCUT2D eigenvalue weighted by molar-refractivity contribution is 14.0. The third-order valence-electron chi connectivity index (χ3n) is 3.02. The number of aliphatic imine (C=N–C) groups is 1. The van der Waals surface area contributed by atoms with E-state index in [1.807, 2.05) is 6.07 Å². The molecule has 0 radical (unpaired) electrons. The molecule has 0 heterocycles. The average molecular weight is 405 g/mol. The van der Waals surface area contributed by atoms with E-state index in [4.69, 9.17) is 4.74 Å². The number of benzene rings is 1. The Hall–Kier alpha value is -0.980. The highest BCUT2D eigenvalue weighted by atomic mass is 127. The van der Waals surface area contributed by atoms with Gasteiger partial charge in [-0.05, 0) is 31.9 Å². The molecule has 21 heavy (non-hydrogen) atoms. The Morgan fingerprint density at radius 3 is 2.62 bits per heavy atom. The summed E-state index contributed by atoms with van der Waals surface area (Å²) in [4.78, 5) is 4.61. The third-order valence-corrected chi connectivity index (χ3v) is 3.02. The van der Waals surface area contributed by atoms with Crippen molar-refractivity contribution >= 4 is 29.9 Å². The molecule has 0 atom stereocenters. The lowest BCUT2D eigenvalue weighted by molar-refractivity contribution is 0.409. The Bertz CT molecular complexity index is 436. The fraction of sp³-hybridized carbons (Fsp3) is 0.562. The molecule has 0 aliphatic rings. The molecule has 0 aliphatic carbocycles. The van der Waals surface area contributed by atoms with Gasteiger partial charge in [0.25, 0.3) is 0 Å². The van der Waals surface area contributed by atoms with Crippen LogP contribution < -0.4 is 15.4 Å². The van der Waals surface area contributed by atoms with E-state index in [2.05, 4.69) is 48.5 Å². The van der Waals surface area contributed by atoms with Crippen LogP contribution in [0.5, 0.6) is 5.75 Å². The highest BCUT2D eigenvalue weighted by Gasteiger charge is 2.03. The average Bonchev–Trinajstić information content (AvgIpc) is 2.45. The van der Waals surface area contributed by atoms with E-state index >= 15 is 0 Å². The maximum Gasteiger partial charge on any atom is 0.191 e. The van der Waals surface area contributed by atoms with Crippen LogP contribution in [0.2, 0.25) is 0 Å². The van der Waals surface area contributed by atoms with Gasteiger partial charge < -0.3 is 15.4 Å². The van der Waals surface area contributed by atoms with Crippen LogP contribution in [0.3, 0.4) is 0 Å². The van der Waals surface area contributed by atoms with Gasteiger partial charge in [0.05, 0.1) is 13.7 Å². The van der Waals surface area contributed by atoms with Gasteiger partial charge in [-0.2, -0.15) is 0 Å². The summed E-state index contributed by atoms with van der Waals surface area (Å²) in [6, 6.07) is 6.21. The van der Waals surface area contributed by atoms with Gasteiger partial charge in [0, 0.05) is 18.7 Å². The van der Waals surface area contributed by atoms with Crippen molar-refractivity contribution < 1.29 is 4.74 Å². The second-order valence-corrected chi connectivity index (χ2v) is 4.79. The molecule has 0 saturated heterocycles. The molecule has 0 fully saturated rings. The number of methoxy groups -OCH3 is 1.